The van der Waals surface area contributed by atoms with E-state index in [1.54, 1.807) is 0 Å². The zero-order valence-electron chi connectivity index (χ0n) is 14.1. The molecule has 4 nitrogen and oxygen atoms in total. The molecular formula is C16H12F4N4SSe. The van der Waals surface area contributed by atoms with E-state index in [1.807, 2.05) is 0 Å². The molecule has 10 heteroatoms. The van der Waals surface area contributed by atoms with Gasteiger partial charge in [-0.3, -0.25) is 0 Å². The van der Waals surface area contributed by atoms with Crippen LogP contribution in [0.25, 0.3) is 22.1 Å². The first-order valence-corrected chi connectivity index (χ1v) is 9.64. The van der Waals surface area contributed by atoms with Crippen LogP contribution in [0.2, 0.25) is 0 Å². The summed E-state index contributed by atoms with van der Waals surface area (Å²) < 4.78 is 68.6. The molecule has 0 bridgehead atoms. The van der Waals surface area contributed by atoms with Crippen molar-refractivity contribution >= 4 is 48.8 Å². The molecule has 4 rings (SSSR count). The SMILES string of the molecule is Cc1c(F)c(F)c(C)c2n[se]nc12.Cc1c(F)c(F)c(C)c2nsnc12. The Hall–Kier alpha value is -1.90. The molecule has 2 aromatic heterocycles. The maximum Gasteiger partial charge on any atom is 0.164 e. The number of fused-ring (bicyclic) bond motifs is 2. The summed E-state index contributed by atoms with van der Waals surface area (Å²) in [6.45, 7) is 6.05. The summed E-state index contributed by atoms with van der Waals surface area (Å²) in [6.07, 6.45) is 0. The van der Waals surface area contributed by atoms with Crippen LogP contribution in [-0.2, 0) is 0 Å². The van der Waals surface area contributed by atoms with E-state index < -0.39 is 23.3 Å². The molecule has 0 saturated heterocycles. The van der Waals surface area contributed by atoms with Crippen LogP contribution in [0.4, 0.5) is 17.6 Å². The van der Waals surface area contributed by atoms with Gasteiger partial charge in [0.05, 0.1) is 11.7 Å². The van der Waals surface area contributed by atoms with Crippen molar-refractivity contribution in [1.29, 1.82) is 0 Å². The number of halogens is 4. The minimum Gasteiger partial charge on any atom is -0.203 e. The maximum absolute atomic E-state index is 13.2. The van der Waals surface area contributed by atoms with Crippen molar-refractivity contribution in [3.63, 3.8) is 0 Å². The normalized spacial score (nSPS) is 11.1. The second-order valence-electron chi connectivity index (χ2n) is 5.68. The standard InChI is InChI=1S/C8H6F2N2S.C8H6F2N2Se/c2*1-3-5(9)6(10)4(2)8-7(3)11-13-12-8/h2*1-2H3. The smallest absolute Gasteiger partial charge is 0.164 e. The predicted octanol–water partition coefficient (Wildman–Crippen LogP) is 4.17. The first-order chi connectivity index (χ1) is 12.3. The summed E-state index contributed by atoms with van der Waals surface area (Å²) in [5.74, 6) is -3.24. The molecule has 0 unspecified atom stereocenters. The van der Waals surface area contributed by atoms with E-state index in [2.05, 4.69) is 16.7 Å². The molecule has 2 aromatic carbocycles. The third-order valence-corrected chi connectivity index (χ3v) is 5.74. The molecule has 0 atom stereocenters. The molecule has 0 aliphatic rings. The summed E-state index contributed by atoms with van der Waals surface area (Å²) >= 11 is 0.727. The molecule has 4 aromatic rings. The van der Waals surface area contributed by atoms with E-state index in [0.717, 1.165) is 11.7 Å². The molecule has 0 spiro atoms. The topological polar surface area (TPSA) is 51.6 Å². The molecule has 0 fully saturated rings. The second-order valence-corrected chi connectivity index (χ2v) is 7.32. The van der Waals surface area contributed by atoms with Gasteiger partial charge in [-0.15, -0.1) is 0 Å². The zero-order chi connectivity index (χ0) is 19.2. The van der Waals surface area contributed by atoms with Crippen molar-refractivity contribution in [1.82, 2.24) is 16.7 Å². The number of aromatic nitrogens is 4. The van der Waals surface area contributed by atoms with Crippen LogP contribution < -0.4 is 0 Å². The predicted molar refractivity (Wildman–Crippen MR) is 92.7 cm³/mol. The Labute approximate surface area is 156 Å². The van der Waals surface area contributed by atoms with Gasteiger partial charge >= 0.3 is 79.3 Å². The molecule has 2 heterocycles. The summed E-state index contributed by atoms with van der Waals surface area (Å²) in [4.78, 5) is 0. The summed E-state index contributed by atoms with van der Waals surface area (Å²) in [5, 5.41) is 0. The Balaban J connectivity index is 0.000000151. The minimum atomic E-state index is -0.822. The maximum atomic E-state index is 13.2. The second kappa shape index (κ2) is 7.02. The summed E-state index contributed by atoms with van der Waals surface area (Å²) in [6, 6.07) is 0. The monoisotopic (exact) mass is 448 g/mol. The average Bonchev–Trinajstić information content (AvgIpc) is 3.31. The molecule has 136 valence electrons. The number of hydrogen-bond donors (Lipinski definition) is 0. The van der Waals surface area contributed by atoms with E-state index >= 15 is 0 Å². The molecule has 0 N–H and O–H groups in total. The van der Waals surface area contributed by atoms with E-state index in [4.69, 9.17) is 0 Å². The Morgan fingerprint density at radius 3 is 1.23 bits per heavy atom. The van der Waals surface area contributed by atoms with Crippen LogP contribution in [0.3, 0.4) is 0 Å². The Morgan fingerprint density at radius 2 is 0.885 bits per heavy atom. The van der Waals surface area contributed by atoms with Gasteiger partial charge < -0.3 is 0 Å². The fourth-order valence-electron chi connectivity index (χ4n) is 2.44. The van der Waals surface area contributed by atoms with Crippen molar-refractivity contribution in [3.05, 3.63) is 45.5 Å². The van der Waals surface area contributed by atoms with Gasteiger partial charge in [0.2, 0.25) is 0 Å². The molecule has 0 aliphatic carbocycles. The van der Waals surface area contributed by atoms with Crippen LogP contribution >= 0.6 is 11.7 Å². The summed E-state index contributed by atoms with van der Waals surface area (Å²) in [7, 11) is 0. The average molecular weight is 447 g/mol. The number of benzene rings is 2. The van der Waals surface area contributed by atoms with Crippen LogP contribution in [0, 0.1) is 51.0 Å². The largest absolute Gasteiger partial charge is 0.203 e. The number of rotatable bonds is 0. The Bertz CT molecular complexity index is 965. The number of nitrogens with zero attached hydrogens (tertiary/aromatic N) is 4. The first kappa shape index (κ1) is 18.9. The Kier molecular flexibility index (Phi) is 5.09. The van der Waals surface area contributed by atoms with Gasteiger partial charge in [-0.25, -0.2) is 8.78 Å². The fraction of sp³-hybridized carbons (Fsp3) is 0.250. The van der Waals surface area contributed by atoms with E-state index in [1.165, 1.54) is 27.7 Å². The number of hydrogen-bond acceptors (Lipinski definition) is 5. The van der Waals surface area contributed by atoms with Gasteiger partial charge in [-0.2, -0.15) is 8.75 Å². The van der Waals surface area contributed by atoms with Gasteiger partial charge in [0.1, 0.15) is 11.0 Å². The van der Waals surface area contributed by atoms with Crippen molar-refractivity contribution in [2.75, 3.05) is 0 Å². The van der Waals surface area contributed by atoms with Gasteiger partial charge in [0.25, 0.3) is 0 Å². The van der Waals surface area contributed by atoms with Crippen molar-refractivity contribution in [3.8, 4) is 0 Å². The molecule has 0 aliphatic heterocycles. The van der Waals surface area contributed by atoms with Crippen LogP contribution in [0.15, 0.2) is 0 Å². The van der Waals surface area contributed by atoms with E-state index in [0.29, 0.717) is 22.1 Å². The third kappa shape index (κ3) is 2.91. The number of aryl methyl sites for hydroxylation is 4. The zero-order valence-corrected chi connectivity index (χ0v) is 16.6. The quantitative estimate of drug-likeness (QED) is 0.300. The van der Waals surface area contributed by atoms with E-state index in [9.17, 15) is 17.6 Å². The van der Waals surface area contributed by atoms with Crippen molar-refractivity contribution < 1.29 is 17.6 Å². The molecule has 0 saturated carbocycles. The van der Waals surface area contributed by atoms with Gasteiger partial charge in [-0.1, -0.05) is 0 Å². The molecule has 0 amide bonds. The summed E-state index contributed by atoms with van der Waals surface area (Å²) in [5.41, 5.74) is 2.96. The fourth-order valence-corrected chi connectivity index (χ4v) is 4.45. The van der Waals surface area contributed by atoms with Gasteiger partial charge in [0, 0.05) is 11.1 Å². The van der Waals surface area contributed by atoms with Gasteiger partial charge in [0.15, 0.2) is 11.6 Å². The van der Waals surface area contributed by atoms with E-state index in [-0.39, 0.29) is 37.2 Å². The molecule has 26 heavy (non-hydrogen) atoms. The Morgan fingerprint density at radius 1 is 0.577 bits per heavy atom. The van der Waals surface area contributed by atoms with Gasteiger partial charge in [-0.05, 0) is 13.8 Å². The van der Waals surface area contributed by atoms with Crippen molar-refractivity contribution in [2.45, 2.75) is 27.7 Å². The van der Waals surface area contributed by atoms with Crippen LogP contribution in [0.5, 0.6) is 0 Å². The van der Waals surface area contributed by atoms with Crippen molar-refractivity contribution in [2.24, 2.45) is 0 Å². The first-order valence-electron chi connectivity index (χ1n) is 7.38. The minimum absolute atomic E-state index is 0.229. The third-order valence-electron chi connectivity index (χ3n) is 4.10. The van der Waals surface area contributed by atoms with Crippen LogP contribution in [0.1, 0.15) is 22.3 Å². The molecule has 0 radical (unpaired) electrons. The molecular weight excluding hydrogens is 435 g/mol. The van der Waals surface area contributed by atoms with Crippen LogP contribution in [-0.4, -0.2) is 31.7 Å².